The molecule has 0 radical (unpaired) electrons. The van der Waals surface area contributed by atoms with Gasteiger partial charge in [-0.1, -0.05) is 129 Å². The molecule has 0 fully saturated rings. The summed E-state index contributed by atoms with van der Waals surface area (Å²) in [6.07, 6.45) is 16.9. The molecule has 48 heteroatoms. The minimum atomic E-state index is -0.347. The van der Waals surface area contributed by atoms with Crippen LogP contribution in [0.1, 0.15) is 107 Å². The van der Waals surface area contributed by atoms with Gasteiger partial charge in [-0.15, -0.1) is 27.6 Å². The van der Waals surface area contributed by atoms with Gasteiger partial charge in [0.15, 0.2) is 37.7 Å². The molecule has 13 rings (SSSR count). The second-order valence-electron chi connectivity index (χ2n) is 23.2. The van der Waals surface area contributed by atoms with E-state index in [-0.39, 0.29) is 87.1 Å². The van der Waals surface area contributed by atoms with E-state index in [1.54, 1.807) is 118 Å². The van der Waals surface area contributed by atoms with Gasteiger partial charge in [0.2, 0.25) is 0 Å². The number of hydrogen-bond acceptors (Lipinski definition) is 31. The molecule has 1 amide bonds. The van der Waals surface area contributed by atoms with Crippen LogP contribution in [0.4, 0.5) is 10.9 Å². The molecule has 0 saturated heterocycles. The minimum absolute atomic E-state index is 0. The summed E-state index contributed by atoms with van der Waals surface area (Å²) in [7, 11) is 9.34. The van der Waals surface area contributed by atoms with Crippen LogP contribution in [-0.4, -0.2) is 127 Å². The minimum Gasteiger partial charge on any atom is -1.00 e. The largest absolute Gasteiger partial charge is 1.00 e. The van der Waals surface area contributed by atoms with E-state index >= 15 is 0 Å². The molecule has 0 spiro atoms. The monoisotopic (exact) mass is 2630 g/mol. The van der Waals surface area contributed by atoms with Gasteiger partial charge in [0.25, 0.3) is 5.91 Å². The molecule has 2 aromatic carbocycles. The number of nitrogens with two attached hydrogens (primary N) is 3. The van der Waals surface area contributed by atoms with Gasteiger partial charge in [0, 0.05) is 149 Å². The average Bonchev–Trinajstić information content (AvgIpc) is 1.70. The third-order valence-corrected chi connectivity index (χ3v) is 23.0. The molecule has 127 heavy (non-hydrogen) atoms. The number of rotatable bonds is 18. The Morgan fingerprint density at radius 1 is 0.638 bits per heavy atom. The maximum absolute atomic E-state index is 12.1. The summed E-state index contributed by atoms with van der Waals surface area (Å²) in [5.41, 5.74) is 22.4. The molecule has 0 atom stereocenters. The topological polar surface area (TPSA) is 371 Å². The zero-order chi connectivity index (χ0) is 94.2. The number of thiol groups is 1. The van der Waals surface area contributed by atoms with Crippen molar-refractivity contribution in [3.05, 3.63) is 245 Å². The van der Waals surface area contributed by atoms with Crippen molar-refractivity contribution < 1.29 is 88.5 Å². The predicted molar refractivity (Wildman–Crippen MR) is 561 cm³/mol. The molecule has 6 N–H and O–H groups in total. The number of carbonyl (C=O) groups is 5. The van der Waals surface area contributed by atoms with E-state index < -0.39 is 0 Å². The van der Waals surface area contributed by atoms with Crippen LogP contribution in [0.2, 0.25) is 4.47 Å². The molecular weight excluding hydrogens is 2570 g/mol. The van der Waals surface area contributed by atoms with Crippen LogP contribution in [0.25, 0.3) is 31.0 Å². The number of halogens is 13. The zero-order valence-electron chi connectivity index (χ0n) is 69.0. The van der Waals surface area contributed by atoms with E-state index in [1.807, 2.05) is 71.9 Å². The van der Waals surface area contributed by atoms with Gasteiger partial charge in [0.1, 0.15) is 17.4 Å². The number of benzene rings is 2. The van der Waals surface area contributed by atoms with Crippen LogP contribution < -0.4 is 46.8 Å². The van der Waals surface area contributed by atoms with Gasteiger partial charge < -0.3 is 37.7 Å². The third-order valence-electron chi connectivity index (χ3n) is 13.4. The second kappa shape index (κ2) is 71.8. The van der Waals surface area contributed by atoms with Gasteiger partial charge in [-0.2, -0.15) is 17.6 Å². The van der Waals surface area contributed by atoms with E-state index in [4.69, 9.17) is 64.1 Å². The Labute approximate surface area is 902 Å². The fourth-order valence-electron chi connectivity index (χ4n) is 8.35. The maximum atomic E-state index is 12.1. The Balaban J connectivity index is 0. The van der Waals surface area contributed by atoms with Crippen LogP contribution in [0, 0.1) is 10.8 Å². The van der Waals surface area contributed by atoms with E-state index in [0.717, 1.165) is 116 Å². The summed E-state index contributed by atoms with van der Waals surface area (Å²) < 4.78 is 32.9. The molecule has 25 nitrogen and oxygen atoms in total. The van der Waals surface area contributed by atoms with Crippen molar-refractivity contribution in [1.29, 1.82) is 0 Å². The molecule has 12 aromatic rings. The van der Waals surface area contributed by atoms with E-state index in [2.05, 4.69) is 288 Å². The molecule has 0 aliphatic carbocycles. The van der Waals surface area contributed by atoms with Crippen molar-refractivity contribution >= 4 is 373 Å². The SMILES string of the molecule is C.CC(C)CCON=O.CCOC(=O)/C=C1\Cc2ncc(Br)cc2S1.CCOC(=O)Cc1nc2ncc(Br)cc2s1.CCOC(C)=O.Clc1nc2ncc(Br)cc2s1.NC(=S)Cc1ncc(Br)cc1Br.Nc1nc2ncc(Br)cc2s1.Nc1ncc(Br)cc1Br.O=C(CC(=S)Cc1ncc(Br)cc1Br)c1ccccc1.O=C(N=C=S)c1ccccc1.[2H]CS.[Cl][Cu][Cl].[H-].[Na+]. The number of hydrogen-bond donors (Lipinski definition) is 4. The summed E-state index contributed by atoms with van der Waals surface area (Å²) in [6.45, 7) is 12.6. The summed E-state index contributed by atoms with van der Waals surface area (Å²) in [5.74, 6) is 0.0503. The molecule has 0 saturated carbocycles. The standard InChI is InChI=1S/C15H11Br2NOS.C11H10BrNO2S.C10H9BrN2O2S.C8H5NOS.C7H6Br2N2S.C6H2BrClN2S.C6H4BrN3S.C5H4Br2N2.C5H11NO2.C4H8O2.CH4S.CH4.2ClH.Cu.Na.H/c16-11-6-13(17)14(18-9-11)7-12(20)8-15(19)10-4-2-1-3-5-10;1-2-15-11(14)5-8-4-9-10(16-8)3-7(12)6-13-9;1-2-15-9(14)4-8-13-10-7(16-8)3-6(11)5-12-10;10-8(9-6-11)7-4-2-1-3-5-7;8-4-1-5(9)6(11-3-4)2-7(10)12;2*7-3-1-4-5(9-2-3)10-6(8)11-4;6-3-1-4(7)5(8)9-2-3;1-5(2)3-4-8-6-7;1-3-6-4(2)5;1-2;;;;;;/h1-6,9H,7-8H2;3,5-6H,2,4H2,1H3;3,5H,2,4H2,1H3;1-5H;1,3H,2H2,(H2,10,12);1-2H;1-2H,(H2,8,9,10);1-2H,(H2,8,9);5H,3-4H2,1-2H3;3H2,1-2H3;2H,1H3;1H4;2*1H;;;/q;;;;;;;;;;;;;;+2;+1;-1/p-2/b;8-5+;;;;;;;;;;;;;;;/i;;;;;;;;;;1D;;;;;;. The Kier molecular flexibility index (Phi) is 68.6. The summed E-state index contributed by atoms with van der Waals surface area (Å²) in [6, 6.07) is 31.5. The first-order valence-electron chi connectivity index (χ1n) is 35.7. The van der Waals surface area contributed by atoms with Gasteiger partial charge in [-0.05, 0) is 265 Å². The van der Waals surface area contributed by atoms with E-state index in [9.17, 15) is 28.9 Å². The van der Waals surface area contributed by atoms with Gasteiger partial charge in [-0.25, -0.2) is 39.7 Å². The Morgan fingerprint density at radius 3 is 1.55 bits per heavy atom. The van der Waals surface area contributed by atoms with Crippen molar-refractivity contribution in [2.24, 2.45) is 22.0 Å². The Hall–Kier alpha value is -3.68. The Morgan fingerprint density at radius 2 is 1.09 bits per heavy atom. The van der Waals surface area contributed by atoms with Crippen LogP contribution in [-0.2, 0) is 72.2 Å². The van der Waals surface area contributed by atoms with Crippen molar-refractivity contribution in [3.63, 3.8) is 0 Å². The summed E-state index contributed by atoms with van der Waals surface area (Å²) in [4.78, 5) is 117. The third kappa shape index (κ3) is 54.5. The average molecular weight is 2650 g/mol. The number of anilines is 2. The molecule has 681 valence electrons. The number of ether oxygens (including phenoxy) is 3. The van der Waals surface area contributed by atoms with Gasteiger partial charge in [-0.3, -0.25) is 34.1 Å². The number of aliphatic imine (C=N–C) groups is 1. The number of nitrogen functional groups attached to an aromatic ring is 2. The number of nitrogens with zero attached hydrogens (tertiary/aromatic N) is 12. The van der Waals surface area contributed by atoms with Crippen LogP contribution in [0.3, 0.4) is 0 Å². The number of fused-ring (bicyclic) bond motifs is 4. The van der Waals surface area contributed by atoms with Crippen LogP contribution in [0.15, 0.2) is 217 Å². The van der Waals surface area contributed by atoms with Crippen LogP contribution in [0.5, 0.6) is 0 Å². The maximum Gasteiger partial charge on any atom is 1.00 e. The first kappa shape index (κ1) is 121. The summed E-state index contributed by atoms with van der Waals surface area (Å²) in [5, 5.41) is 5.58. The number of Topliss-reactive ketones (excluding diaryl/α,β-unsaturated/α-hetero) is 1. The second-order valence-corrected chi connectivity index (χ2v) is 40.0. The molecule has 0 bridgehead atoms. The van der Waals surface area contributed by atoms with Crippen molar-refractivity contribution in [2.75, 3.05) is 44.1 Å². The first-order valence-corrected chi connectivity index (χ1v) is 51.0. The number of thioether (sulfide) groups is 1. The number of aromatic nitrogens is 10. The van der Waals surface area contributed by atoms with Crippen LogP contribution >= 0.6 is 286 Å². The molecule has 11 heterocycles. The number of thiazole rings is 3. The van der Waals surface area contributed by atoms with Gasteiger partial charge in [0.05, 0.1) is 72.0 Å². The quantitative estimate of drug-likeness (QED) is 0.00530. The normalized spacial score (nSPS) is 10.5. The predicted octanol–water partition coefficient (Wildman–Crippen LogP) is 24.0. The van der Waals surface area contributed by atoms with Gasteiger partial charge >= 0.3 is 80.8 Å². The number of carbonyl (C=O) groups excluding carboxylic acids is 5. The van der Waals surface area contributed by atoms with Crippen molar-refractivity contribution in [3.8, 4) is 0 Å². The van der Waals surface area contributed by atoms with Crippen molar-refractivity contribution in [1.82, 2.24) is 49.8 Å². The molecule has 10 aromatic heterocycles. The zero-order valence-corrected chi connectivity index (χ0v) is 94.7. The molecule has 1 aliphatic rings. The van der Waals surface area contributed by atoms with E-state index in [0.29, 0.717) is 99.3 Å². The number of thiocarbonyl (C=S) groups is 3. The number of allylic oxidation sites excluding steroid dienone is 1. The smallest absolute Gasteiger partial charge is 1.00 e. The number of ketones is 1. The molecule has 0 unspecified atom stereocenters. The molecule has 1 aliphatic heterocycles. The number of esters is 3. The van der Waals surface area contributed by atoms with E-state index in [1.165, 1.54) is 40.9 Å². The molecular formula is C79H79Br10Cl3CuN15NaO10S8. The fraction of sp³-hybridized carbons (Fsp3) is 0.241. The Bertz CT molecular complexity index is 5510. The summed E-state index contributed by atoms with van der Waals surface area (Å²) >= 11 is 63.5. The fourth-order valence-corrected chi connectivity index (χ4v) is 17.8. The first-order chi connectivity index (χ1) is 59.9. The number of isothiocyanates is 1. The number of amides is 1. The number of pyridine rings is 7. The van der Waals surface area contributed by atoms with Crippen molar-refractivity contribution in [2.45, 2.75) is 92.4 Å².